The first kappa shape index (κ1) is 12.6. The monoisotopic (exact) mass is 265 g/mol. The second-order valence-corrected chi connectivity index (χ2v) is 5.16. The van der Waals surface area contributed by atoms with Gasteiger partial charge in [-0.1, -0.05) is 11.8 Å². The van der Waals surface area contributed by atoms with Crippen molar-refractivity contribution in [3.8, 4) is 0 Å². The van der Waals surface area contributed by atoms with Crippen LogP contribution in [0.1, 0.15) is 5.56 Å². The van der Waals surface area contributed by atoms with Gasteiger partial charge in [0.25, 0.3) is 5.69 Å². The molecule has 1 N–H and O–H groups in total. The lowest BCUT2D eigenvalue weighted by atomic mass is 10.1. The summed E-state index contributed by atoms with van der Waals surface area (Å²) in [5.41, 5.74) is 1.49. The molecule has 0 bridgehead atoms. The predicted octanol–water partition coefficient (Wildman–Crippen LogP) is 1.96. The van der Waals surface area contributed by atoms with E-state index in [0.717, 1.165) is 17.5 Å². The third-order valence-electron chi connectivity index (χ3n) is 2.70. The number of thioether (sulfide) groups is 1. The molecule has 0 saturated carbocycles. The van der Waals surface area contributed by atoms with Crippen LogP contribution in [0.4, 0.5) is 11.4 Å². The molecule has 18 heavy (non-hydrogen) atoms. The van der Waals surface area contributed by atoms with Crippen LogP contribution in [0.3, 0.4) is 0 Å². The Morgan fingerprint density at radius 1 is 1.61 bits per heavy atom. The molecule has 0 radical (unpaired) electrons. The van der Waals surface area contributed by atoms with Crippen LogP contribution in [-0.2, 0) is 4.79 Å². The van der Waals surface area contributed by atoms with E-state index in [0.29, 0.717) is 11.7 Å². The minimum Gasteiger partial charge on any atom is -0.320 e. The molecule has 0 amide bonds. The number of carbonyl (C=O) groups excluding carboxylic acids is 1. The average molecular weight is 265 g/mol. The van der Waals surface area contributed by atoms with Crippen LogP contribution in [0.2, 0.25) is 0 Å². The Balaban J connectivity index is 2.32. The van der Waals surface area contributed by atoms with Crippen molar-refractivity contribution >= 4 is 34.6 Å². The molecule has 94 valence electrons. The highest BCUT2D eigenvalue weighted by Crippen LogP contribution is 2.32. The van der Waals surface area contributed by atoms with Crippen molar-refractivity contribution in [2.24, 2.45) is 0 Å². The Morgan fingerprint density at radius 2 is 2.33 bits per heavy atom. The molecule has 1 aliphatic heterocycles. The first-order valence-electron chi connectivity index (χ1n) is 5.26. The van der Waals surface area contributed by atoms with Gasteiger partial charge in [-0.15, -0.1) is 0 Å². The molecular formula is C11H11N3O3S. The molecule has 1 aliphatic rings. The molecule has 1 fully saturated rings. The van der Waals surface area contributed by atoms with Crippen LogP contribution in [0, 0.1) is 22.4 Å². The fourth-order valence-corrected chi connectivity index (χ4v) is 2.71. The van der Waals surface area contributed by atoms with Crippen molar-refractivity contribution in [1.29, 1.82) is 5.41 Å². The molecule has 1 saturated heterocycles. The molecule has 1 atom stereocenters. The highest BCUT2D eigenvalue weighted by atomic mass is 32.2. The minimum atomic E-state index is -0.449. The largest absolute Gasteiger partial charge is 0.320 e. The summed E-state index contributed by atoms with van der Waals surface area (Å²) in [7, 11) is 0. The maximum Gasteiger partial charge on any atom is 0.269 e. The molecular weight excluding hydrogens is 254 g/mol. The van der Waals surface area contributed by atoms with Crippen LogP contribution < -0.4 is 4.90 Å². The number of aryl methyl sites for hydroxylation is 1. The van der Waals surface area contributed by atoms with Crippen molar-refractivity contribution in [3.05, 3.63) is 33.9 Å². The number of hydrogen-bond donors (Lipinski definition) is 1. The molecule has 0 aliphatic carbocycles. The molecule has 0 spiro atoms. The summed E-state index contributed by atoms with van der Waals surface area (Å²) in [5.74, 6) is 0. The van der Waals surface area contributed by atoms with Crippen LogP contribution in [-0.4, -0.2) is 28.2 Å². The van der Waals surface area contributed by atoms with Gasteiger partial charge in [0.1, 0.15) is 6.29 Å². The van der Waals surface area contributed by atoms with Crippen molar-refractivity contribution < 1.29 is 9.72 Å². The average Bonchev–Trinajstić information content (AvgIpc) is 2.70. The van der Waals surface area contributed by atoms with Crippen molar-refractivity contribution in [1.82, 2.24) is 0 Å². The number of non-ortho nitro benzene ring substituents is 1. The number of carbonyl (C=O) groups is 1. The lowest BCUT2D eigenvalue weighted by molar-refractivity contribution is -0.384. The van der Waals surface area contributed by atoms with E-state index in [2.05, 4.69) is 0 Å². The number of amidine groups is 1. The number of hydrogen-bond acceptors (Lipinski definition) is 5. The summed E-state index contributed by atoms with van der Waals surface area (Å²) < 4.78 is 0. The summed E-state index contributed by atoms with van der Waals surface area (Å²) in [6.45, 7) is 2.19. The fourth-order valence-electron chi connectivity index (χ4n) is 1.84. The Morgan fingerprint density at radius 3 is 2.83 bits per heavy atom. The minimum absolute atomic E-state index is 0.0292. The van der Waals surface area contributed by atoms with Crippen LogP contribution in [0.25, 0.3) is 0 Å². The second-order valence-electron chi connectivity index (χ2n) is 3.94. The number of nitrogens with zero attached hydrogens (tertiary/aromatic N) is 2. The topological polar surface area (TPSA) is 87.3 Å². The highest BCUT2D eigenvalue weighted by Gasteiger charge is 2.29. The van der Waals surface area contributed by atoms with Gasteiger partial charge in [0, 0.05) is 24.4 Å². The number of nitrogens with one attached hydrogen (secondary N) is 1. The number of aldehydes is 1. The van der Waals surface area contributed by atoms with E-state index < -0.39 is 4.92 Å². The van der Waals surface area contributed by atoms with Crippen molar-refractivity contribution in [2.75, 3.05) is 11.4 Å². The number of rotatable bonds is 3. The Kier molecular flexibility index (Phi) is 3.33. The lowest BCUT2D eigenvalue weighted by Gasteiger charge is -2.19. The first-order valence-corrected chi connectivity index (χ1v) is 6.14. The summed E-state index contributed by atoms with van der Waals surface area (Å²) in [6.07, 6.45) is 0.819. The van der Waals surface area contributed by atoms with E-state index in [1.54, 1.807) is 17.9 Å². The number of benzene rings is 1. The molecule has 1 aromatic carbocycles. The Labute approximate surface area is 108 Å². The smallest absolute Gasteiger partial charge is 0.269 e. The molecule has 2 rings (SSSR count). The second kappa shape index (κ2) is 4.77. The zero-order valence-electron chi connectivity index (χ0n) is 9.62. The van der Waals surface area contributed by atoms with E-state index in [1.165, 1.54) is 23.9 Å². The zero-order valence-corrected chi connectivity index (χ0v) is 10.4. The summed E-state index contributed by atoms with van der Waals surface area (Å²) in [6, 6.07) is 4.51. The summed E-state index contributed by atoms with van der Waals surface area (Å²) in [4.78, 5) is 22.6. The summed E-state index contributed by atoms with van der Waals surface area (Å²) >= 11 is 1.19. The van der Waals surface area contributed by atoms with Gasteiger partial charge >= 0.3 is 0 Å². The highest BCUT2D eigenvalue weighted by molar-refractivity contribution is 8.15. The Bertz CT molecular complexity index is 532. The number of anilines is 1. The van der Waals surface area contributed by atoms with E-state index in [9.17, 15) is 14.9 Å². The normalized spacial score (nSPS) is 19.1. The number of nitro benzene ring substituents is 1. The standard InChI is InChI=1S/C11H11N3O3S/c1-7-4-8(14(16)17)2-3-10(7)13-5-9(6-15)18-11(13)12/h2-4,6,9,12H,5H2,1H3. The van der Waals surface area contributed by atoms with E-state index in [1.807, 2.05) is 0 Å². The molecule has 1 aromatic rings. The van der Waals surface area contributed by atoms with Gasteiger partial charge in [0.15, 0.2) is 5.17 Å². The van der Waals surface area contributed by atoms with Gasteiger partial charge in [0.05, 0.1) is 10.2 Å². The zero-order chi connectivity index (χ0) is 13.3. The van der Waals surface area contributed by atoms with Gasteiger partial charge in [-0.2, -0.15) is 0 Å². The van der Waals surface area contributed by atoms with Gasteiger partial charge in [-0.3, -0.25) is 15.5 Å². The van der Waals surface area contributed by atoms with Crippen LogP contribution in [0.5, 0.6) is 0 Å². The summed E-state index contributed by atoms with van der Waals surface area (Å²) in [5, 5.41) is 18.5. The van der Waals surface area contributed by atoms with Crippen molar-refractivity contribution in [2.45, 2.75) is 12.2 Å². The van der Waals surface area contributed by atoms with E-state index in [4.69, 9.17) is 5.41 Å². The van der Waals surface area contributed by atoms with E-state index in [-0.39, 0.29) is 10.9 Å². The van der Waals surface area contributed by atoms with Gasteiger partial charge in [0.2, 0.25) is 0 Å². The lowest BCUT2D eigenvalue weighted by Crippen LogP contribution is -2.25. The SMILES string of the molecule is Cc1cc([N+](=O)[O-])ccc1N1CC(C=O)SC1=N. The molecule has 1 heterocycles. The van der Waals surface area contributed by atoms with Gasteiger partial charge in [-0.05, 0) is 18.6 Å². The van der Waals surface area contributed by atoms with Gasteiger partial charge in [-0.25, -0.2) is 0 Å². The number of nitro groups is 1. The van der Waals surface area contributed by atoms with Crippen molar-refractivity contribution in [3.63, 3.8) is 0 Å². The molecule has 1 unspecified atom stereocenters. The first-order chi connectivity index (χ1) is 8.52. The van der Waals surface area contributed by atoms with E-state index >= 15 is 0 Å². The van der Waals surface area contributed by atoms with Gasteiger partial charge < -0.3 is 9.69 Å². The predicted molar refractivity (Wildman–Crippen MR) is 70.3 cm³/mol. The maximum atomic E-state index is 10.7. The third-order valence-corrected chi connectivity index (χ3v) is 3.71. The third kappa shape index (κ3) is 2.21. The molecule has 6 nitrogen and oxygen atoms in total. The maximum absolute atomic E-state index is 10.7. The molecule has 0 aromatic heterocycles. The Hall–Kier alpha value is -1.89. The van der Waals surface area contributed by atoms with Crippen LogP contribution in [0.15, 0.2) is 18.2 Å². The quantitative estimate of drug-likeness (QED) is 0.513. The van der Waals surface area contributed by atoms with Crippen LogP contribution >= 0.6 is 11.8 Å². The fraction of sp³-hybridized carbons (Fsp3) is 0.273. The molecule has 7 heteroatoms.